The van der Waals surface area contributed by atoms with Crippen LogP contribution < -0.4 is 40.2 Å². The van der Waals surface area contributed by atoms with Gasteiger partial charge < -0.3 is 15.2 Å². The average Bonchev–Trinajstić information content (AvgIpc) is 3.04. The molecule has 0 saturated carbocycles. The molecule has 5 aromatic rings. The Morgan fingerprint density at radius 3 is 1.62 bits per heavy atom. The van der Waals surface area contributed by atoms with Crippen LogP contribution in [0.4, 0.5) is 28.4 Å². The largest absolute Gasteiger partial charge is 1.00 e. The number of anilines is 4. The molecule has 5 aromatic carbocycles. The summed E-state index contributed by atoms with van der Waals surface area (Å²) in [4.78, 5) is 4.43. The fraction of sp³-hybridized carbons (Fsp3) is 0. The molecule has 2 N–H and O–H groups in total. The van der Waals surface area contributed by atoms with Crippen LogP contribution in [0.15, 0.2) is 173 Å². The van der Waals surface area contributed by atoms with Gasteiger partial charge in [0.2, 0.25) is 0 Å². The van der Waals surface area contributed by atoms with Crippen molar-refractivity contribution < 1.29 is 42.5 Å². The summed E-state index contributed by atoms with van der Waals surface area (Å²) in [6, 6.07) is 41.9. The minimum absolute atomic E-state index is 0. The van der Waals surface area contributed by atoms with Crippen LogP contribution in [0.2, 0.25) is 0 Å². The van der Waals surface area contributed by atoms with Gasteiger partial charge in [-0.1, -0.05) is 84.9 Å². The van der Waals surface area contributed by atoms with E-state index >= 15 is 0 Å². The zero-order chi connectivity index (χ0) is 30.4. The van der Waals surface area contributed by atoms with E-state index in [1.165, 1.54) is 12.1 Å². The summed E-state index contributed by atoms with van der Waals surface area (Å²) >= 11 is 0. The Balaban J connectivity index is 0.00000400. The standard InChI is InChI=1S/C37H29N3O3S.Na/c41-44(42,43)36-14-8-7-13-35(36)40-34-25-19-29(20-26-34)37(27-15-21-32(22-16-27)38-30-9-3-1-4-10-30)28-17-23-33(24-18-28)39-31-11-5-2-6-12-31;/h1-26,38,40H,(H,41,42,43);/q;+1/p-1. The molecule has 1 aliphatic rings. The van der Waals surface area contributed by atoms with Crippen LogP contribution in [0.5, 0.6) is 0 Å². The van der Waals surface area contributed by atoms with Gasteiger partial charge in [0.25, 0.3) is 0 Å². The number of rotatable bonds is 8. The molecule has 216 valence electrons. The molecule has 8 heteroatoms. The van der Waals surface area contributed by atoms with Crippen molar-refractivity contribution in [1.82, 2.24) is 0 Å². The van der Waals surface area contributed by atoms with E-state index in [0.29, 0.717) is 5.69 Å². The number of benzene rings is 5. The molecule has 0 amide bonds. The van der Waals surface area contributed by atoms with Crippen molar-refractivity contribution in [3.8, 4) is 0 Å². The summed E-state index contributed by atoms with van der Waals surface area (Å²) < 4.78 is 35.2. The molecule has 0 bridgehead atoms. The zero-order valence-electron chi connectivity index (χ0n) is 24.6. The molecule has 0 spiro atoms. The van der Waals surface area contributed by atoms with Gasteiger partial charge in [-0.3, -0.25) is 0 Å². The van der Waals surface area contributed by atoms with E-state index in [1.807, 2.05) is 97.1 Å². The Morgan fingerprint density at radius 2 is 1.04 bits per heavy atom. The molecule has 0 radical (unpaired) electrons. The summed E-state index contributed by atoms with van der Waals surface area (Å²) in [6.07, 6.45) is 8.14. The van der Waals surface area contributed by atoms with E-state index in [-0.39, 0.29) is 40.1 Å². The number of hydrogen-bond donors (Lipinski definition) is 2. The van der Waals surface area contributed by atoms with E-state index < -0.39 is 10.1 Å². The Bertz CT molecular complexity index is 1990. The van der Waals surface area contributed by atoms with Crippen LogP contribution in [0.1, 0.15) is 11.1 Å². The molecule has 0 aliphatic heterocycles. The topological polar surface area (TPSA) is 93.6 Å². The van der Waals surface area contributed by atoms with Crippen molar-refractivity contribution in [2.24, 2.45) is 4.99 Å². The summed E-state index contributed by atoms with van der Waals surface area (Å²) in [7, 11) is -4.62. The van der Waals surface area contributed by atoms with E-state index in [9.17, 15) is 13.0 Å². The second kappa shape index (κ2) is 14.5. The van der Waals surface area contributed by atoms with Crippen LogP contribution in [0.25, 0.3) is 5.57 Å². The minimum Gasteiger partial charge on any atom is -0.744 e. The second-order valence-electron chi connectivity index (χ2n) is 10.1. The van der Waals surface area contributed by atoms with E-state index in [0.717, 1.165) is 45.0 Å². The first kappa shape index (κ1) is 31.9. The molecule has 0 saturated heterocycles. The van der Waals surface area contributed by atoms with Crippen molar-refractivity contribution in [2.45, 2.75) is 4.90 Å². The molecule has 6 nitrogen and oxygen atoms in total. The SMILES string of the molecule is O=S(=O)([O-])c1ccccc1Nc1ccc(C(=C2C=CC(=Nc3ccccc3)C=C2)c2ccc(Nc3ccccc3)cc2)cc1.[Na+]. The quantitative estimate of drug-likeness (QED) is 0.170. The molecule has 0 fully saturated rings. The second-order valence-corrected chi connectivity index (χ2v) is 11.4. The first-order chi connectivity index (χ1) is 21.4. The van der Waals surface area contributed by atoms with Crippen LogP contribution in [0, 0.1) is 0 Å². The molecule has 0 aromatic heterocycles. The van der Waals surface area contributed by atoms with Gasteiger partial charge in [-0.25, -0.2) is 13.4 Å². The predicted octanol–water partition coefficient (Wildman–Crippen LogP) is 5.78. The van der Waals surface area contributed by atoms with Gasteiger partial charge in [-0.15, -0.1) is 0 Å². The van der Waals surface area contributed by atoms with Crippen molar-refractivity contribution >= 4 is 49.8 Å². The zero-order valence-corrected chi connectivity index (χ0v) is 27.4. The van der Waals surface area contributed by atoms with Gasteiger partial charge in [0, 0.05) is 17.1 Å². The minimum atomic E-state index is -4.62. The third-order valence-electron chi connectivity index (χ3n) is 7.02. The molecule has 6 rings (SSSR count). The van der Waals surface area contributed by atoms with Gasteiger partial charge in [0.05, 0.1) is 22.0 Å². The molecular formula is C37H28N3NaO3S. The van der Waals surface area contributed by atoms with E-state index in [1.54, 1.807) is 12.1 Å². The van der Waals surface area contributed by atoms with Crippen molar-refractivity contribution in [3.63, 3.8) is 0 Å². The van der Waals surface area contributed by atoms with Gasteiger partial charge in [-0.05, 0) is 95.1 Å². The summed E-state index contributed by atoms with van der Waals surface area (Å²) in [5, 5.41) is 6.51. The van der Waals surface area contributed by atoms with Crippen molar-refractivity contribution in [1.29, 1.82) is 0 Å². The third kappa shape index (κ3) is 8.16. The first-order valence-electron chi connectivity index (χ1n) is 14.0. The number of allylic oxidation sites excluding steroid dienone is 5. The maximum atomic E-state index is 11.7. The molecule has 45 heavy (non-hydrogen) atoms. The van der Waals surface area contributed by atoms with Crippen molar-refractivity contribution in [3.05, 3.63) is 174 Å². The van der Waals surface area contributed by atoms with Gasteiger partial charge in [0.1, 0.15) is 10.1 Å². The molecule has 0 heterocycles. The molecule has 1 aliphatic carbocycles. The van der Waals surface area contributed by atoms with E-state index in [4.69, 9.17) is 4.99 Å². The maximum Gasteiger partial charge on any atom is 1.00 e. The first-order valence-corrected chi connectivity index (χ1v) is 15.4. The molecule has 0 unspecified atom stereocenters. The summed E-state index contributed by atoms with van der Waals surface area (Å²) in [5.74, 6) is 0. The maximum absolute atomic E-state index is 11.7. The fourth-order valence-corrected chi connectivity index (χ4v) is 5.56. The summed E-state index contributed by atoms with van der Waals surface area (Å²) in [6.45, 7) is 0. The Labute approximate surface area is 285 Å². The number of aliphatic imine (C=N–C) groups is 1. The number of para-hydroxylation sites is 3. The predicted molar refractivity (Wildman–Crippen MR) is 178 cm³/mol. The average molecular weight is 618 g/mol. The number of nitrogens with zero attached hydrogens (tertiary/aromatic N) is 1. The van der Waals surface area contributed by atoms with Crippen LogP contribution >= 0.6 is 0 Å². The van der Waals surface area contributed by atoms with Gasteiger partial charge in [0.15, 0.2) is 0 Å². The smallest absolute Gasteiger partial charge is 0.744 e. The number of nitrogens with one attached hydrogen (secondary N) is 2. The number of hydrogen-bond acceptors (Lipinski definition) is 6. The van der Waals surface area contributed by atoms with Gasteiger partial charge in [-0.2, -0.15) is 0 Å². The van der Waals surface area contributed by atoms with Crippen LogP contribution in [0.3, 0.4) is 0 Å². The molecule has 0 atom stereocenters. The molecular weight excluding hydrogens is 589 g/mol. The summed E-state index contributed by atoms with van der Waals surface area (Å²) in [5.41, 5.74) is 8.66. The Kier molecular flexibility index (Phi) is 10.3. The third-order valence-corrected chi connectivity index (χ3v) is 7.91. The normalized spacial score (nSPS) is 12.3. The Morgan fingerprint density at radius 1 is 0.556 bits per heavy atom. The van der Waals surface area contributed by atoms with Crippen LogP contribution in [-0.4, -0.2) is 18.7 Å². The van der Waals surface area contributed by atoms with Gasteiger partial charge >= 0.3 is 29.6 Å². The monoisotopic (exact) mass is 617 g/mol. The van der Waals surface area contributed by atoms with Crippen molar-refractivity contribution in [2.75, 3.05) is 10.6 Å². The van der Waals surface area contributed by atoms with Crippen LogP contribution in [-0.2, 0) is 10.1 Å². The Hall–Kier alpha value is -4.50. The fourth-order valence-electron chi connectivity index (χ4n) is 4.93. The van der Waals surface area contributed by atoms with E-state index in [2.05, 4.69) is 47.1 Å².